The van der Waals surface area contributed by atoms with Gasteiger partial charge >= 0.3 is 12.2 Å². The second-order valence-electron chi connectivity index (χ2n) is 35.3. The SMILES string of the molecule is COc1cccc2c1C[C@@H](O)[C@H](N)C2.COc1cccc2c1C[C@@H](O)[C@H](N=[N+]=[N-])C2.COc1cccc2c1C[C@@H](O)[C@H](NC(=O)CCl)C2.COc1cccc2c1C[C@H]1OCC(=O)N[C@@H]1C2.COc1cccc2c1C[C@H]1OCCN(C(=O)OC(C)(C)C)[C@@H]1C2.COc1cccc2c1C[C@H]1OCCN(C(=O)OC(C)(C)C)[C@@H]1C2.COc1cccc2c1C[C@H]1OCCN[C@@H]1C2. The summed E-state index contributed by atoms with van der Waals surface area (Å²) in [4.78, 5) is 54.1. The lowest BCUT2D eigenvalue weighted by molar-refractivity contribution is -0.137. The molecule has 4 fully saturated rings. The fraction of sp³-hybridized carbons (Fsp3) is 0.526. The molecule has 18 rings (SSSR count). The maximum absolute atomic E-state index is 12.5. The summed E-state index contributed by atoms with van der Waals surface area (Å²) < 4.78 is 71.9. The molecule has 8 N–H and O–H groups in total. The molecule has 14 atom stereocenters. The molecule has 0 spiro atoms. The first-order valence-corrected chi connectivity index (χ1v) is 44.3. The van der Waals surface area contributed by atoms with Crippen LogP contribution < -0.4 is 54.8 Å². The third kappa shape index (κ3) is 24.3. The second kappa shape index (κ2) is 44.2. The van der Waals surface area contributed by atoms with Crippen LogP contribution in [-0.2, 0) is 128 Å². The molecule has 7 aromatic rings. The number of aliphatic hydroxyl groups excluding tert-OH is 3. The Morgan fingerprint density at radius 2 is 0.811 bits per heavy atom. The number of nitrogens with one attached hydrogen (secondary N) is 3. The van der Waals surface area contributed by atoms with Crippen LogP contribution in [0.1, 0.15) is 119 Å². The normalized spacial score (nSPS) is 24.6. The Labute approximate surface area is 749 Å². The molecule has 29 nitrogen and oxygen atoms in total. The lowest BCUT2D eigenvalue weighted by Gasteiger charge is -2.44. The lowest BCUT2D eigenvalue weighted by atomic mass is 9.84. The topological polar surface area (TPSA) is 366 Å². The van der Waals surface area contributed by atoms with E-state index in [0.717, 1.165) is 139 Å². The Morgan fingerprint density at radius 3 is 1.21 bits per heavy atom. The highest BCUT2D eigenvalue weighted by Gasteiger charge is 2.44. The fourth-order valence-corrected chi connectivity index (χ4v) is 18.8. The number of benzene rings is 7. The number of amides is 4. The smallest absolute Gasteiger partial charge is 0.410 e. The standard InChI is InChI=1S/2C18H25NO4.C13H16ClNO3.C13H15NO3.C13H17NO2.C11H13N3O2.C11H15NO2/c2*1-18(2,3)23-17(20)19-8-9-22-16-11-13-12(10-14(16)19)6-5-7-15(13)21-4;1-18-12-4-2-3-8-5-10(15-13(17)7-14)11(16)6-9(8)12;1-16-11-4-2-3-8-5-10-12(6-9(8)11)17-7-13(15)14-10;1-15-12-4-2-3-9-7-11-13(8-10(9)12)16-6-5-14-11;1-16-11-4-2-3-7-5-9(13-14-12)10(15)6-8(7)11;1-14-11-4-2-3-7-5-9(12)10(13)6-8(7)11/h2*5-7,14,16H,8-11H2,1-4H3;2-4,10-11,16H,5-7H2,1H3,(H,15,17);2-4,10,12H,5-7H2,1H3,(H,14,15);2-4,11,13-14H,5-8H2,1H3;2-4,9-10,15H,5-6H2,1H3;2-4,9-10,13H,5-6,12H2,1H3/t2*14-,16-;10-,11-;10-,12-;11-,13-;2*9-,10-/m1111111/s1. The van der Waals surface area contributed by atoms with Crippen molar-refractivity contribution in [3.63, 3.8) is 0 Å². The first-order chi connectivity index (χ1) is 61.1. The highest BCUT2D eigenvalue weighted by Crippen LogP contribution is 2.40. The van der Waals surface area contributed by atoms with E-state index in [0.29, 0.717) is 70.6 Å². The number of halogens is 1. The van der Waals surface area contributed by atoms with Gasteiger partial charge in [0, 0.05) is 104 Å². The van der Waals surface area contributed by atoms with Crippen LogP contribution in [0.25, 0.3) is 10.4 Å². The van der Waals surface area contributed by atoms with Crippen molar-refractivity contribution in [3.8, 4) is 40.2 Å². The molecule has 0 bridgehead atoms. The van der Waals surface area contributed by atoms with Gasteiger partial charge in [-0.1, -0.05) is 90.0 Å². The number of aliphatic hydroxyl groups is 3. The van der Waals surface area contributed by atoms with Crippen molar-refractivity contribution >= 4 is 35.6 Å². The Balaban J connectivity index is 0.000000135. The summed E-state index contributed by atoms with van der Waals surface area (Å²) in [5, 5.41) is 42.4. The van der Waals surface area contributed by atoms with Crippen molar-refractivity contribution < 1.29 is 96.1 Å². The number of nitrogens with two attached hydrogens (primary N) is 1. The Hall–Kier alpha value is -10.1. The van der Waals surface area contributed by atoms with Gasteiger partial charge in [0.1, 0.15) is 63.9 Å². The minimum absolute atomic E-state index is 0.0000633. The summed E-state index contributed by atoms with van der Waals surface area (Å²) in [5.41, 5.74) is 29.8. The van der Waals surface area contributed by atoms with Crippen LogP contribution in [0.3, 0.4) is 0 Å². The second-order valence-corrected chi connectivity index (χ2v) is 35.6. The number of hydrogen-bond donors (Lipinski definition) is 7. The van der Waals surface area contributed by atoms with Crippen molar-refractivity contribution in [2.75, 3.05) is 102 Å². The van der Waals surface area contributed by atoms with Crippen LogP contribution in [0.2, 0.25) is 0 Å². The predicted molar refractivity (Wildman–Crippen MR) is 481 cm³/mol. The predicted octanol–water partition coefficient (Wildman–Crippen LogP) is 10.6. The first kappa shape index (κ1) is 96.0. The number of carbonyl (C=O) groups excluding carboxylic acids is 4. The Morgan fingerprint density at radius 1 is 0.465 bits per heavy atom. The highest BCUT2D eigenvalue weighted by atomic mass is 35.5. The van der Waals surface area contributed by atoms with E-state index in [1.807, 2.05) is 148 Å². The molecule has 30 heteroatoms. The molecule has 0 unspecified atom stereocenters. The molecule has 686 valence electrons. The zero-order valence-electron chi connectivity index (χ0n) is 75.2. The van der Waals surface area contributed by atoms with Crippen LogP contribution in [0.5, 0.6) is 40.2 Å². The van der Waals surface area contributed by atoms with Gasteiger partial charge in [-0.05, 0) is 190 Å². The van der Waals surface area contributed by atoms with Crippen molar-refractivity contribution in [1.29, 1.82) is 0 Å². The number of hydrogen-bond acceptors (Lipinski definition) is 23. The maximum atomic E-state index is 12.5. The van der Waals surface area contributed by atoms with Gasteiger partial charge < -0.3 is 98.6 Å². The summed E-state index contributed by atoms with van der Waals surface area (Å²) in [6, 6.07) is 41.8. The van der Waals surface area contributed by atoms with E-state index in [2.05, 4.69) is 56.3 Å². The minimum atomic E-state index is -0.625. The van der Waals surface area contributed by atoms with Crippen LogP contribution >= 0.6 is 11.6 Å². The zero-order chi connectivity index (χ0) is 90.8. The van der Waals surface area contributed by atoms with Crippen molar-refractivity contribution in [1.82, 2.24) is 25.8 Å². The van der Waals surface area contributed by atoms with Gasteiger partial charge in [-0.15, -0.1) is 11.6 Å². The van der Waals surface area contributed by atoms with E-state index in [9.17, 15) is 34.5 Å². The molecule has 0 saturated carbocycles. The molecule has 7 aromatic carbocycles. The van der Waals surface area contributed by atoms with Crippen LogP contribution in [0.4, 0.5) is 9.59 Å². The zero-order valence-corrected chi connectivity index (χ0v) is 76.0. The number of azide groups is 1. The maximum Gasteiger partial charge on any atom is 0.410 e. The summed E-state index contributed by atoms with van der Waals surface area (Å²) in [6.07, 6.45) is 8.40. The van der Waals surface area contributed by atoms with Gasteiger partial charge in [0.15, 0.2) is 0 Å². The molecule has 4 amide bonds. The lowest BCUT2D eigenvalue weighted by Crippen LogP contribution is -2.57. The minimum Gasteiger partial charge on any atom is -0.496 e. The molecular formula is C97H126ClN9O20. The fourth-order valence-electron chi connectivity index (χ4n) is 18.7. The van der Waals surface area contributed by atoms with Gasteiger partial charge in [0.2, 0.25) is 11.8 Å². The van der Waals surface area contributed by atoms with E-state index < -0.39 is 29.5 Å². The molecule has 0 aromatic heterocycles. The van der Waals surface area contributed by atoms with Crippen LogP contribution in [-0.4, -0.2) is 247 Å². The molecular weight excluding hydrogens is 1650 g/mol. The molecule has 11 aliphatic rings. The average Bonchev–Trinajstić information content (AvgIpc) is 0.775. The van der Waals surface area contributed by atoms with E-state index in [4.69, 9.17) is 84.4 Å². The van der Waals surface area contributed by atoms with E-state index in [1.165, 1.54) is 50.1 Å². The third-order valence-electron chi connectivity index (χ3n) is 24.9. The Bertz CT molecular complexity index is 4860. The van der Waals surface area contributed by atoms with E-state index >= 15 is 0 Å². The Kier molecular flexibility index (Phi) is 33.4. The summed E-state index contributed by atoms with van der Waals surface area (Å²) in [6.45, 7) is 15.6. The van der Waals surface area contributed by atoms with Gasteiger partial charge in [0.05, 0.1) is 143 Å². The largest absolute Gasteiger partial charge is 0.496 e. The average molecular weight is 1770 g/mol. The number of fused-ring (bicyclic) bond motifs is 11. The number of rotatable bonds is 10. The molecule has 4 heterocycles. The summed E-state index contributed by atoms with van der Waals surface area (Å²) in [5.74, 6) is 5.79. The summed E-state index contributed by atoms with van der Waals surface area (Å²) >= 11 is 5.45. The number of methoxy groups -OCH3 is 7. The molecule has 4 aliphatic heterocycles. The quantitative estimate of drug-likeness (QED) is 0.0289. The number of carbonyl (C=O) groups is 4. The van der Waals surface area contributed by atoms with E-state index in [-0.39, 0.29) is 91.1 Å². The van der Waals surface area contributed by atoms with Crippen LogP contribution in [0.15, 0.2) is 133 Å². The van der Waals surface area contributed by atoms with Crippen molar-refractivity contribution in [2.45, 2.75) is 228 Å². The molecule has 7 aliphatic carbocycles. The summed E-state index contributed by atoms with van der Waals surface area (Å²) in [7, 11) is 11.7. The number of alkyl halides is 1. The van der Waals surface area contributed by atoms with Gasteiger partial charge in [-0.2, -0.15) is 0 Å². The van der Waals surface area contributed by atoms with Gasteiger partial charge in [0.25, 0.3) is 0 Å². The molecule has 4 saturated heterocycles. The van der Waals surface area contributed by atoms with Crippen molar-refractivity contribution in [2.24, 2.45) is 10.8 Å². The van der Waals surface area contributed by atoms with Crippen LogP contribution in [0, 0.1) is 0 Å². The van der Waals surface area contributed by atoms with Gasteiger partial charge in [-0.3, -0.25) is 19.4 Å². The number of ether oxygens (including phenoxy) is 13. The number of nitrogens with zero attached hydrogens (tertiary/aromatic N) is 5. The van der Waals surface area contributed by atoms with E-state index in [1.54, 1.807) is 49.8 Å². The number of morpholine rings is 4. The first-order valence-electron chi connectivity index (χ1n) is 43.8. The highest BCUT2D eigenvalue weighted by molar-refractivity contribution is 6.27. The molecule has 127 heavy (non-hydrogen) atoms. The van der Waals surface area contributed by atoms with Crippen molar-refractivity contribution in [3.05, 3.63) is 216 Å². The van der Waals surface area contributed by atoms with Gasteiger partial charge in [-0.25, -0.2) is 9.59 Å². The monoisotopic (exact) mass is 1770 g/mol. The molecule has 0 radical (unpaired) electrons. The third-order valence-corrected chi connectivity index (χ3v) is 25.1.